The lowest BCUT2D eigenvalue weighted by atomic mass is 9.57. The first-order valence-corrected chi connectivity index (χ1v) is 12.8. The van der Waals surface area contributed by atoms with E-state index in [1.54, 1.807) is 25.1 Å². The number of nitrogens with one attached hydrogen (secondary N) is 1. The summed E-state index contributed by atoms with van der Waals surface area (Å²) in [5, 5.41) is 47.9. The zero-order valence-electron chi connectivity index (χ0n) is 22.7. The van der Waals surface area contributed by atoms with Crippen LogP contribution in [0.2, 0.25) is 0 Å². The molecule has 4 rings (SSSR count). The Labute approximate surface area is 229 Å². The summed E-state index contributed by atoms with van der Waals surface area (Å²) >= 11 is 0. The molecule has 1 unspecified atom stereocenters. The molecule has 1 amide bonds. The van der Waals surface area contributed by atoms with Gasteiger partial charge in [-0.15, -0.1) is 0 Å². The van der Waals surface area contributed by atoms with E-state index in [1.165, 1.54) is 19.0 Å². The topological polar surface area (TPSA) is 177 Å². The van der Waals surface area contributed by atoms with Crippen molar-refractivity contribution in [2.75, 3.05) is 46.4 Å². The number of fused-ring (bicyclic) bond motifs is 3. The quantitative estimate of drug-likeness (QED) is 0.243. The van der Waals surface area contributed by atoms with Gasteiger partial charge in [0.15, 0.2) is 11.4 Å². The number of hydrogen-bond acceptors (Lipinski definition) is 10. The lowest BCUT2D eigenvalue weighted by Gasteiger charge is -2.50. The largest absolute Gasteiger partial charge is 0.508 e. The van der Waals surface area contributed by atoms with E-state index < -0.39 is 83.2 Å². The third-order valence-electron chi connectivity index (χ3n) is 8.21. The number of aromatic hydroxyl groups is 1. The second kappa shape index (κ2) is 10.5. The van der Waals surface area contributed by atoms with Crippen LogP contribution < -0.4 is 16.0 Å². The minimum atomic E-state index is -2.74. The molecule has 0 saturated heterocycles. The molecule has 0 aliphatic heterocycles. The zero-order valence-corrected chi connectivity index (χ0v) is 22.7. The summed E-state index contributed by atoms with van der Waals surface area (Å²) < 4.78 is 26.1. The first-order valence-electron chi connectivity index (χ1n) is 12.8. The molecule has 1 aromatic carbocycles. The number of anilines is 1. The highest BCUT2D eigenvalue weighted by Gasteiger charge is 2.64. The van der Waals surface area contributed by atoms with Crippen molar-refractivity contribution >= 4 is 28.9 Å². The Balaban J connectivity index is 1.93. The number of carbonyl (C=O) groups is 3. The van der Waals surface area contributed by atoms with Crippen molar-refractivity contribution in [2.24, 2.45) is 17.6 Å². The van der Waals surface area contributed by atoms with E-state index in [-0.39, 0.29) is 36.1 Å². The van der Waals surface area contributed by atoms with E-state index in [2.05, 4.69) is 5.32 Å². The molecule has 218 valence electrons. The van der Waals surface area contributed by atoms with Crippen molar-refractivity contribution < 1.29 is 43.6 Å². The highest BCUT2D eigenvalue weighted by Crippen LogP contribution is 2.54. The maximum Gasteiger partial charge on any atom is 0.255 e. The highest BCUT2D eigenvalue weighted by molar-refractivity contribution is 6.24. The van der Waals surface area contributed by atoms with Crippen LogP contribution in [0, 0.1) is 11.8 Å². The summed E-state index contributed by atoms with van der Waals surface area (Å²) in [6.45, 7) is -2.11. The normalized spacial score (nSPS) is 26.3. The molecule has 1 saturated carbocycles. The van der Waals surface area contributed by atoms with Gasteiger partial charge >= 0.3 is 0 Å². The van der Waals surface area contributed by atoms with Gasteiger partial charge in [-0.3, -0.25) is 19.3 Å². The average Bonchev–Trinajstić information content (AvgIpc) is 2.87. The molecule has 0 radical (unpaired) electrons. The van der Waals surface area contributed by atoms with Gasteiger partial charge in [-0.25, -0.2) is 8.78 Å². The number of rotatable bonds is 8. The Morgan fingerprint density at radius 1 is 1.18 bits per heavy atom. The summed E-state index contributed by atoms with van der Waals surface area (Å²) in [5.74, 6) is -7.36. The smallest absolute Gasteiger partial charge is 0.255 e. The fourth-order valence-electron chi connectivity index (χ4n) is 6.28. The number of ketones is 2. The Morgan fingerprint density at radius 2 is 1.80 bits per heavy atom. The molecule has 11 nitrogen and oxygen atoms in total. The number of likely N-dealkylation sites (N-methyl/N-ethyl adjacent to an activating group) is 1. The first kappa shape index (κ1) is 29.4. The number of phenols is 1. The fraction of sp³-hybridized carbons (Fsp3) is 0.519. The van der Waals surface area contributed by atoms with E-state index >= 15 is 0 Å². The third-order valence-corrected chi connectivity index (χ3v) is 8.21. The number of benzene rings is 1. The van der Waals surface area contributed by atoms with E-state index in [0.717, 1.165) is 0 Å². The molecule has 13 heteroatoms. The average molecular weight is 565 g/mol. The molecule has 3 aliphatic carbocycles. The van der Waals surface area contributed by atoms with Crippen LogP contribution in [0.1, 0.15) is 23.1 Å². The molecule has 0 aromatic heterocycles. The van der Waals surface area contributed by atoms with Gasteiger partial charge in [0.25, 0.3) is 5.91 Å². The molecular weight excluding hydrogens is 530 g/mol. The molecule has 3 aliphatic rings. The molecular formula is C27H34F2N4O7. The molecule has 1 aromatic rings. The third kappa shape index (κ3) is 4.23. The van der Waals surface area contributed by atoms with Crippen molar-refractivity contribution in [1.82, 2.24) is 10.2 Å². The van der Waals surface area contributed by atoms with Crippen LogP contribution in [-0.2, 0) is 27.3 Å². The zero-order chi connectivity index (χ0) is 29.8. The fourth-order valence-corrected chi connectivity index (χ4v) is 6.28. The van der Waals surface area contributed by atoms with E-state index in [4.69, 9.17) is 5.73 Å². The van der Waals surface area contributed by atoms with Crippen LogP contribution in [-0.4, -0.2) is 102 Å². The standard InChI is InChI=1S/C27H34F2N4O7/c1-32(2)16-7-12(10-31-13(8-28)9-29)21(34)18-14(16)5-11-6-15-20(33(3)4)23(36)19(26(30)39)25(38)27(15,40)24(37)17(11)22(18)35/h7,11,13,15,20,31,34-35,38,40H,5-6,8-10H2,1-4H3,(H2,30,39)/t11-,15-,20?,27-/m0/s1. The van der Waals surface area contributed by atoms with Gasteiger partial charge in [0.2, 0.25) is 5.78 Å². The van der Waals surface area contributed by atoms with E-state index in [1.807, 2.05) is 0 Å². The van der Waals surface area contributed by atoms with Gasteiger partial charge in [-0.05, 0) is 44.5 Å². The summed E-state index contributed by atoms with van der Waals surface area (Å²) in [4.78, 5) is 42.4. The number of hydrogen-bond donors (Lipinski definition) is 6. The van der Waals surface area contributed by atoms with E-state index in [0.29, 0.717) is 11.3 Å². The predicted molar refractivity (Wildman–Crippen MR) is 141 cm³/mol. The van der Waals surface area contributed by atoms with Crippen molar-refractivity contribution in [1.29, 1.82) is 0 Å². The number of primary amides is 1. The Kier molecular flexibility index (Phi) is 7.69. The van der Waals surface area contributed by atoms with Crippen LogP contribution in [0.4, 0.5) is 14.5 Å². The monoisotopic (exact) mass is 564 g/mol. The van der Waals surface area contributed by atoms with Gasteiger partial charge in [-0.2, -0.15) is 0 Å². The number of halogens is 2. The second-order valence-corrected chi connectivity index (χ2v) is 11.0. The number of amides is 1. The predicted octanol–water partition coefficient (Wildman–Crippen LogP) is 0.427. The van der Waals surface area contributed by atoms with Crippen molar-refractivity contribution in [3.63, 3.8) is 0 Å². The minimum absolute atomic E-state index is 0.0304. The number of nitrogens with zero attached hydrogens (tertiary/aromatic N) is 2. The van der Waals surface area contributed by atoms with Crippen LogP contribution in [0.15, 0.2) is 23.0 Å². The van der Waals surface area contributed by atoms with Gasteiger partial charge in [0, 0.05) is 43.4 Å². The van der Waals surface area contributed by atoms with Crippen molar-refractivity contribution in [2.45, 2.75) is 37.1 Å². The Hall–Kier alpha value is -3.55. The lowest BCUT2D eigenvalue weighted by Crippen LogP contribution is -2.65. The first-order chi connectivity index (χ1) is 18.7. The van der Waals surface area contributed by atoms with Crippen LogP contribution >= 0.6 is 0 Å². The number of Topliss-reactive ketones (excluding diaryl/α,β-unsaturated/α-hetero) is 2. The highest BCUT2D eigenvalue weighted by atomic mass is 19.1. The maximum absolute atomic E-state index is 14.0. The lowest BCUT2D eigenvalue weighted by molar-refractivity contribution is -0.153. The number of aliphatic hydroxyl groups excluding tert-OH is 2. The summed E-state index contributed by atoms with van der Waals surface area (Å²) in [6.07, 6.45) is 0.0955. The van der Waals surface area contributed by atoms with Crippen molar-refractivity contribution in [3.05, 3.63) is 39.7 Å². The number of nitrogens with two attached hydrogens (primary N) is 1. The number of aliphatic hydroxyl groups is 3. The summed E-state index contributed by atoms with van der Waals surface area (Å²) in [5.41, 5.74) is 2.62. The second-order valence-electron chi connectivity index (χ2n) is 11.0. The van der Waals surface area contributed by atoms with Gasteiger partial charge in [0.05, 0.1) is 17.6 Å². The van der Waals surface area contributed by atoms with E-state index in [9.17, 15) is 43.6 Å². The van der Waals surface area contributed by atoms with Gasteiger partial charge < -0.3 is 36.4 Å². The Bertz CT molecular complexity index is 1340. The molecule has 7 N–H and O–H groups in total. The molecule has 0 bridgehead atoms. The van der Waals surface area contributed by atoms with Crippen LogP contribution in [0.25, 0.3) is 5.76 Å². The molecule has 0 heterocycles. The number of alkyl halides is 2. The summed E-state index contributed by atoms with van der Waals surface area (Å²) in [7, 11) is 6.52. The van der Waals surface area contributed by atoms with Gasteiger partial charge in [0.1, 0.15) is 36.2 Å². The molecule has 4 atom stereocenters. The van der Waals surface area contributed by atoms with Crippen molar-refractivity contribution in [3.8, 4) is 5.75 Å². The van der Waals surface area contributed by atoms with Gasteiger partial charge in [-0.1, -0.05) is 0 Å². The summed E-state index contributed by atoms with van der Waals surface area (Å²) in [6, 6.07) is -0.658. The van der Waals surface area contributed by atoms with Crippen LogP contribution in [0.5, 0.6) is 5.75 Å². The SMILES string of the molecule is CN(C)c1cc(CNC(CF)CF)c(O)c2c1C[C@H]1C[C@H]3C(N(C)C)C(=O)C(C(N)=O)=C(O)[C@@]3(O)C(=O)C1=C2O. The maximum atomic E-state index is 14.0. The molecule has 40 heavy (non-hydrogen) atoms. The molecule has 0 spiro atoms. The molecule has 1 fully saturated rings. The Morgan fingerprint density at radius 3 is 2.33 bits per heavy atom. The van der Waals surface area contributed by atoms with Crippen LogP contribution in [0.3, 0.4) is 0 Å². The number of carbonyl (C=O) groups excluding carboxylic acids is 3. The minimum Gasteiger partial charge on any atom is -0.508 e. The number of phenolic OH excluding ortho intramolecular Hbond substituents is 1.